The Labute approximate surface area is 171 Å². The Balaban J connectivity index is 1.57. The SMILES string of the molecule is CSCCC(C(=O)Nc1cccc([N+](=O)[O-])c1)N1C(=O)C2C3C=CC(C3)C2C1=O. The van der Waals surface area contributed by atoms with Crippen molar-refractivity contribution in [2.45, 2.75) is 18.9 Å². The maximum Gasteiger partial charge on any atom is 0.271 e. The summed E-state index contributed by atoms with van der Waals surface area (Å²) in [5, 5.41) is 13.6. The summed E-state index contributed by atoms with van der Waals surface area (Å²) < 4.78 is 0. The van der Waals surface area contributed by atoms with Crippen molar-refractivity contribution in [3.63, 3.8) is 0 Å². The first-order valence-electron chi connectivity index (χ1n) is 9.52. The highest BCUT2D eigenvalue weighted by atomic mass is 32.2. The molecule has 9 heteroatoms. The van der Waals surface area contributed by atoms with Crippen molar-refractivity contribution in [3.05, 3.63) is 46.5 Å². The number of hydrogen-bond acceptors (Lipinski definition) is 6. The van der Waals surface area contributed by atoms with Gasteiger partial charge in [-0.2, -0.15) is 11.8 Å². The third kappa shape index (κ3) is 3.33. The number of carbonyl (C=O) groups is 3. The summed E-state index contributed by atoms with van der Waals surface area (Å²) >= 11 is 1.53. The quantitative estimate of drug-likeness (QED) is 0.317. The van der Waals surface area contributed by atoms with Gasteiger partial charge in [-0.3, -0.25) is 29.4 Å². The van der Waals surface area contributed by atoms with Gasteiger partial charge in [0.2, 0.25) is 17.7 Å². The van der Waals surface area contributed by atoms with Crippen molar-refractivity contribution in [2.24, 2.45) is 23.7 Å². The average molecular weight is 415 g/mol. The first kappa shape index (κ1) is 19.6. The molecule has 152 valence electrons. The molecule has 2 aliphatic carbocycles. The summed E-state index contributed by atoms with van der Waals surface area (Å²) in [5.74, 6) is -1.000. The number of imide groups is 1. The minimum Gasteiger partial charge on any atom is -0.324 e. The van der Waals surface area contributed by atoms with Gasteiger partial charge in [0.25, 0.3) is 5.69 Å². The Morgan fingerprint density at radius 1 is 1.28 bits per heavy atom. The Morgan fingerprint density at radius 2 is 1.93 bits per heavy atom. The Kier molecular flexibility index (Phi) is 5.16. The number of fused-ring (bicyclic) bond motifs is 5. The van der Waals surface area contributed by atoms with Gasteiger partial charge in [-0.1, -0.05) is 18.2 Å². The van der Waals surface area contributed by atoms with E-state index in [0.29, 0.717) is 12.2 Å². The summed E-state index contributed by atoms with van der Waals surface area (Å²) in [7, 11) is 0. The lowest BCUT2D eigenvalue weighted by Gasteiger charge is -2.27. The predicted octanol–water partition coefficient (Wildman–Crippen LogP) is 2.46. The van der Waals surface area contributed by atoms with Crippen LogP contribution < -0.4 is 5.32 Å². The van der Waals surface area contributed by atoms with Crippen LogP contribution in [0.4, 0.5) is 11.4 Å². The van der Waals surface area contributed by atoms with Gasteiger partial charge in [0.15, 0.2) is 0 Å². The fraction of sp³-hybridized carbons (Fsp3) is 0.450. The van der Waals surface area contributed by atoms with E-state index in [-0.39, 0.29) is 46.9 Å². The molecule has 1 heterocycles. The molecule has 5 atom stereocenters. The van der Waals surface area contributed by atoms with Gasteiger partial charge in [0.1, 0.15) is 6.04 Å². The number of nitro benzene ring substituents is 1. The maximum atomic E-state index is 13.1. The van der Waals surface area contributed by atoms with E-state index < -0.39 is 16.9 Å². The molecule has 2 bridgehead atoms. The van der Waals surface area contributed by atoms with Gasteiger partial charge in [-0.25, -0.2) is 0 Å². The van der Waals surface area contributed by atoms with E-state index >= 15 is 0 Å². The highest BCUT2D eigenvalue weighted by Gasteiger charge is 2.61. The topological polar surface area (TPSA) is 110 Å². The molecule has 0 radical (unpaired) electrons. The number of allylic oxidation sites excluding steroid dienone is 2. The van der Waals surface area contributed by atoms with Crippen molar-refractivity contribution >= 4 is 40.9 Å². The molecule has 1 aliphatic heterocycles. The smallest absolute Gasteiger partial charge is 0.271 e. The van der Waals surface area contributed by atoms with E-state index in [1.165, 1.54) is 30.0 Å². The number of amides is 3. The second-order valence-corrected chi connectivity index (χ2v) is 8.63. The van der Waals surface area contributed by atoms with Crippen molar-refractivity contribution < 1.29 is 19.3 Å². The molecule has 3 aliphatic rings. The molecule has 1 saturated carbocycles. The molecule has 29 heavy (non-hydrogen) atoms. The standard InChI is InChI=1S/C20H21N3O5S/c1-29-8-7-15(18(24)21-13-3-2-4-14(10-13)23(27)28)22-19(25)16-11-5-6-12(9-11)17(16)20(22)26/h2-6,10-12,15-17H,7-9H2,1H3,(H,21,24). The summed E-state index contributed by atoms with van der Waals surface area (Å²) in [6.45, 7) is 0. The number of carbonyl (C=O) groups excluding carboxylic acids is 3. The minimum atomic E-state index is -0.924. The second-order valence-electron chi connectivity index (χ2n) is 7.64. The normalized spacial score (nSPS) is 28.0. The number of hydrogen-bond donors (Lipinski definition) is 1. The first-order valence-corrected chi connectivity index (χ1v) is 10.9. The number of likely N-dealkylation sites (tertiary alicyclic amines) is 1. The van der Waals surface area contributed by atoms with Crippen molar-refractivity contribution in [3.8, 4) is 0 Å². The fourth-order valence-corrected chi connectivity index (χ4v) is 5.22. The molecule has 5 unspecified atom stereocenters. The van der Waals surface area contributed by atoms with Gasteiger partial charge in [0.05, 0.1) is 16.8 Å². The Morgan fingerprint density at radius 3 is 2.52 bits per heavy atom. The molecule has 2 fully saturated rings. The monoisotopic (exact) mass is 415 g/mol. The molecule has 0 spiro atoms. The van der Waals surface area contributed by atoms with Crippen LogP contribution in [0.3, 0.4) is 0 Å². The minimum absolute atomic E-state index is 0.0764. The molecule has 8 nitrogen and oxygen atoms in total. The zero-order valence-electron chi connectivity index (χ0n) is 15.8. The number of rotatable bonds is 7. The Bertz CT molecular complexity index is 887. The molecule has 1 aromatic rings. The number of nitro groups is 1. The van der Waals surface area contributed by atoms with Crippen molar-refractivity contribution in [1.82, 2.24) is 4.90 Å². The molecule has 1 aromatic carbocycles. The van der Waals surface area contributed by atoms with E-state index in [1.807, 2.05) is 18.4 Å². The molecule has 1 saturated heterocycles. The number of anilines is 1. The van der Waals surface area contributed by atoms with E-state index in [2.05, 4.69) is 5.32 Å². The van der Waals surface area contributed by atoms with Crippen LogP contribution in [0, 0.1) is 33.8 Å². The number of thioether (sulfide) groups is 1. The Hall–Kier alpha value is -2.68. The van der Waals surface area contributed by atoms with E-state index in [1.54, 1.807) is 6.07 Å². The highest BCUT2D eigenvalue weighted by molar-refractivity contribution is 7.98. The van der Waals surface area contributed by atoms with Crippen LogP contribution in [0.5, 0.6) is 0 Å². The highest BCUT2D eigenvalue weighted by Crippen LogP contribution is 2.53. The number of nitrogens with zero attached hydrogens (tertiary/aromatic N) is 2. The molecule has 3 amide bonds. The molecule has 1 N–H and O–H groups in total. The number of benzene rings is 1. The average Bonchev–Trinajstić information content (AvgIpc) is 3.37. The second kappa shape index (κ2) is 7.62. The largest absolute Gasteiger partial charge is 0.324 e. The molecule has 4 rings (SSSR count). The van der Waals surface area contributed by atoms with Gasteiger partial charge in [0, 0.05) is 17.8 Å². The van der Waals surface area contributed by atoms with Crippen LogP contribution in [-0.2, 0) is 14.4 Å². The number of non-ortho nitro benzene ring substituents is 1. The van der Waals surface area contributed by atoms with Crippen LogP contribution in [0.2, 0.25) is 0 Å². The summed E-state index contributed by atoms with van der Waals surface area (Å²) in [5.41, 5.74) is 0.119. The maximum absolute atomic E-state index is 13.1. The molecular weight excluding hydrogens is 394 g/mol. The molecular formula is C20H21N3O5S. The summed E-state index contributed by atoms with van der Waals surface area (Å²) in [4.78, 5) is 50.8. The zero-order valence-corrected chi connectivity index (χ0v) is 16.6. The first-order chi connectivity index (χ1) is 13.9. The van der Waals surface area contributed by atoms with E-state index in [0.717, 1.165) is 11.3 Å². The van der Waals surface area contributed by atoms with Crippen LogP contribution in [0.25, 0.3) is 0 Å². The predicted molar refractivity (Wildman–Crippen MR) is 108 cm³/mol. The zero-order chi connectivity index (χ0) is 20.7. The summed E-state index contributed by atoms with van der Waals surface area (Å²) in [6, 6.07) is 4.69. The van der Waals surface area contributed by atoms with Gasteiger partial charge in [-0.15, -0.1) is 0 Å². The van der Waals surface area contributed by atoms with Gasteiger partial charge in [-0.05, 0) is 42.8 Å². The van der Waals surface area contributed by atoms with Crippen LogP contribution in [-0.4, -0.2) is 45.6 Å². The van der Waals surface area contributed by atoms with Gasteiger partial charge < -0.3 is 5.32 Å². The van der Waals surface area contributed by atoms with Crippen LogP contribution >= 0.6 is 11.8 Å². The van der Waals surface area contributed by atoms with Crippen molar-refractivity contribution in [2.75, 3.05) is 17.3 Å². The lowest BCUT2D eigenvalue weighted by atomic mass is 9.85. The van der Waals surface area contributed by atoms with Crippen LogP contribution in [0.1, 0.15) is 12.8 Å². The number of nitrogens with one attached hydrogen (secondary N) is 1. The van der Waals surface area contributed by atoms with Crippen LogP contribution in [0.15, 0.2) is 36.4 Å². The van der Waals surface area contributed by atoms with E-state index in [4.69, 9.17) is 0 Å². The molecule has 0 aromatic heterocycles. The third-order valence-electron chi connectivity index (χ3n) is 6.04. The van der Waals surface area contributed by atoms with Gasteiger partial charge >= 0.3 is 0 Å². The lowest BCUT2D eigenvalue weighted by molar-refractivity contribution is -0.384. The van der Waals surface area contributed by atoms with E-state index in [9.17, 15) is 24.5 Å². The fourth-order valence-electron chi connectivity index (χ4n) is 4.76. The third-order valence-corrected chi connectivity index (χ3v) is 6.68. The lowest BCUT2D eigenvalue weighted by Crippen LogP contribution is -2.48. The summed E-state index contributed by atoms with van der Waals surface area (Å²) in [6.07, 6.45) is 7.08. The van der Waals surface area contributed by atoms with Crippen molar-refractivity contribution in [1.29, 1.82) is 0 Å².